The molecule has 0 aromatic carbocycles. The molecule has 0 unspecified atom stereocenters. The van der Waals surface area contributed by atoms with Crippen molar-refractivity contribution in [1.29, 1.82) is 0 Å². The lowest BCUT2D eigenvalue weighted by atomic mass is 10.1. The molecule has 0 bridgehead atoms. The summed E-state index contributed by atoms with van der Waals surface area (Å²) in [6.45, 7) is 8.71. The van der Waals surface area contributed by atoms with Gasteiger partial charge in [0, 0.05) is 7.11 Å². The van der Waals surface area contributed by atoms with Crippen molar-refractivity contribution in [2.45, 2.75) is 53.4 Å². The number of rotatable bonds is 7. The fourth-order valence-electron chi connectivity index (χ4n) is 1.49. The SMILES string of the molecule is CC(C)=CCC/C(C)=C/CC/C(C)=C/CO.CO. The third-order valence-electron chi connectivity index (χ3n) is 2.56. The van der Waals surface area contributed by atoms with Crippen LogP contribution in [-0.4, -0.2) is 23.9 Å². The molecule has 0 rings (SSSR count). The van der Waals surface area contributed by atoms with E-state index >= 15 is 0 Å². The predicted octanol–water partition coefficient (Wildman–Crippen LogP) is 4.01. The number of aliphatic hydroxyl groups is 2. The minimum absolute atomic E-state index is 0.162. The molecule has 0 atom stereocenters. The highest BCUT2D eigenvalue weighted by molar-refractivity contribution is 5.05. The largest absolute Gasteiger partial charge is 0.400 e. The highest BCUT2D eigenvalue weighted by Gasteiger charge is 1.91. The first-order valence-corrected chi connectivity index (χ1v) is 6.56. The molecule has 106 valence electrons. The van der Waals surface area contributed by atoms with Gasteiger partial charge in [0.15, 0.2) is 0 Å². The van der Waals surface area contributed by atoms with E-state index in [0.717, 1.165) is 32.8 Å². The fourth-order valence-corrected chi connectivity index (χ4v) is 1.49. The smallest absolute Gasteiger partial charge is 0.0614 e. The Balaban J connectivity index is 0. The highest BCUT2D eigenvalue weighted by Crippen LogP contribution is 2.10. The van der Waals surface area contributed by atoms with Gasteiger partial charge in [0.25, 0.3) is 0 Å². The van der Waals surface area contributed by atoms with Crippen LogP contribution < -0.4 is 0 Å². The molecule has 0 aliphatic carbocycles. The predicted molar refractivity (Wildman–Crippen MR) is 80.6 cm³/mol. The zero-order valence-corrected chi connectivity index (χ0v) is 12.7. The van der Waals surface area contributed by atoms with E-state index in [1.807, 2.05) is 6.08 Å². The number of allylic oxidation sites excluding steroid dienone is 5. The standard InChI is InChI=1S/C15H26O.CH4O/c1-13(2)7-5-8-14(3)9-6-10-15(4)11-12-16;1-2/h7,9,11,16H,5-6,8,10,12H2,1-4H3;2H,1H3/b14-9+,15-11+;. The Labute approximate surface area is 113 Å². The van der Waals surface area contributed by atoms with Gasteiger partial charge in [-0.05, 0) is 53.4 Å². The first kappa shape index (κ1) is 19.5. The summed E-state index contributed by atoms with van der Waals surface area (Å²) in [6, 6.07) is 0. The summed E-state index contributed by atoms with van der Waals surface area (Å²) in [5.74, 6) is 0. The van der Waals surface area contributed by atoms with Gasteiger partial charge in [-0.25, -0.2) is 0 Å². The van der Waals surface area contributed by atoms with Crippen molar-refractivity contribution < 1.29 is 10.2 Å². The van der Waals surface area contributed by atoms with Crippen molar-refractivity contribution in [2.24, 2.45) is 0 Å². The van der Waals surface area contributed by atoms with Crippen LogP contribution in [0.3, 0.4) is 0 Å². The third kappa shape index (κ3) is 15.1. The van der Waals surface area contributed by atoms with Crippen LogP contribution >= 0.6 is 0 Å². The Bertz CT molecular complexity index is 269. The molecule has 0 aromatic rings. The van der Waals surface area contributed by atoms with Gasteiger partial charge in [-0.15, -0.1) is 0 Å². The Morgan fingerprint density at radius 2 is 1.22 bits per heavy atom. The van der Waals surface area contributed by atoms with Gasteiger partial charge in [0.2, 0.25) is 0 Å². The van der Waals surface area contributed by atoms with Gasteiger partial charge in [0.05, 0.1) is 6.61 Å². The van der Waals surface area contributed by atoms with Crippen LogP contribution in [-0.2, 0) is 0 Å². The van der Waals surface area contributed by atoms with Crippen molar-refractivity contribution in [3.05, 3.63) is 34.9 Å². The summed E-state index contributed by atoms with van der Waals surface area (Å²) in [5.41, 5.74) is 4.14. The average Bonchev–Trinajstić information content (AvgIpc) is 2.31. The lowest BCUT2D eigenvalue weighted by Gasteiger charge is -2.00. The molecule has 0 fully saturated rings. The van der Waals surface area contributed by atoms with Crippen LogP contribution in [0.4, 0.5) is 0 Å². The number of aliphatic hydroxyl groups excluding tert-OH is 2. The molecule has 2 N–H and O–H groups in total. The van der Waals surface area contributed by atoms with Crippen LogP contribution in [0.1, 0.15) is 53.4 Å². The van der Waals surface area contributed by atoms with Crippen LogP contribution in [0.5, 0.6) is 0 Å². The van der Waals surface area contributed by atoms with Gasteiger partial charge in [-0.3, -0.25) is 0 Å². The molecule has 0 amide bonds. The number of hydrogen-bond acceptors (Lipinski definition) is 2. The van der Waals surface area contributed by atoms with E-state index in [-0.39, 0.29) is 6.61 Å². The van der Waals surface area contributed by atoms with Gasteiger partial charge >= 0.3 is 0 Å². The monoisotopic (exact) mass is 254 g/mol. The van der Waals surface area contributed by atoms with E-state index in [1.54, 1.807) is 0 Å². The molecule has 0 aliphatic heterocycles. The van der Waals surface area contributed by atoms with Crippen molar-refractivity contribution in [3.8, 4) is 0 Å². The topological polar surface area (TPSA) is 40.5 Å². The lowest BCUT2D eigenvalue weighted by molar-refractivity contribution is 0.341. The normalized spacial score (nSPS) is 11.7. The number of hydrogen-bond donors (Lipinski definition) is 2. The summed E-state index contributed by atoms with van der Waals surface area (Å²) >= 11 is 0. The Morgan fingerprint density at radius 3 is 1.67 bits per heavy atom. The lowest BCUT2D eigenvalue weighted by Crippen LogP contribution is -1.82. The molecule has 0 radical (unpaired) electrons. The molecule has 0 spiro atoms. The minimum Gasteiger partial charge on any atom is -0.400 e. The Morgan fingerprint density at radius 1 is 0.778 bits per heavy atom. The Kier molecular flexibility index (Phi) is 15.4. The summed E-state index contributed by atoms with van der Waals surface area (Å²) in [7, 11) is 1.00. The summed E-state index contributed by atoms with van der Waals surface area (Å²) in [4.78, 5) is 0. The zero-order chi connectivity index (χ0) is 14.4. The second kappa shape index (κ2) is 14.2. The van der Waals surface area contributed by atoms with Gasteiger partial charge < -0.3 is 10.2 Å². The molecule has 18 heavy (non-hydrogen) atoms. The van der Waals surface area contributed by atoms with E-state index in [4.69, 9.17) is 10.2 Å². The molecule has 2 heteroatoms. The van der Waals surface area contributed by atoms with Gasteiger partial charge in [0.1, 0.15) is 0 Å². The highest BCUT2D eigenvalue weighted by atomic mass is 16.2. The Hall–Kier alpha value is -0.860. The van der Waals surface area contributed by atoms with E-state index in [2.05, 4.69) is 39.8 Å². The molecular weight excluding hydrogens is 224 g/mol. The van der Waals surface area contributed by atoms with Crippen molar-refractivity contribution >= 4 is 0 Å². The summed E-state index contributed by atoms with van der Waals surface area (Å²) < 4.78 is 0. The van der Waals surface area contributed by atoms with E-state index < -0.39 is 0 Å². The molecule has 0 aliphatic rings. The van der Waals surface area contributed by atoms with E-state index in [0.29, 0.717) is 0 Å². The maximum Gasteiger partial charge on any atom is 0.0614 e. The van der Waals surface area contributed by atoms with Crippen LogP contribution in [0.15, 0.2) is 34.9 Å². The minimum atomic E-state index is 0.162. The van der Waals surface area contributed by atoms with E-state index in [9.17, 15) is 0 Å². The summed E-state index contributed by atoms with van der Waals surface area (Å²) in [6.07, 6.45) is 10.9. The first-order chi connectivity index (χ1) is 8.56. The quantitative estimate of drug-likeness (QED) is 0.674. The third-order valence-corrected chi connectivity index (χ3v) is 2.56. The molecule has 0 saturated heterocycles. The molecule has 0 aromatic heterocycles. The maximum atomic E-state index is 8.72. The second-order valence-corrected chi connectivity index (χ2v) is 4.64. The molecule has 0 saturated carbocycles. The summed E-state index contributed by atoms with van der Waals surface area (Å²) in [5, 5.41) is 15.7. The van der Waals surface area contributed by atoms with Crippen molar-refractivity contribution in [2.75, 3.05) is 13.7 Å². The molecular formula is C16H30O2. The zero-order valence-electron chi connectivity index (χ0n) is 12.7. The van der Waals surface area contributed by atoms with Crippen LogP contribution in [0.25, 0.3) is 0 Å². The molecule has 2 nitrogen and oxygen atoms in total. The van der Waals surface area contributed by atoms with Crippen molar-refractivity contribution in [1.82, 2.24) is 0 Å². The fraction of sp³-hybridized carbons (Fsp3) is 0.625. The average molecular weight is 254 g/mol. The molecule has 0 heterocycles. The van der Waals surface area contributed by atoms with Crippen LogP contribution in [0, 0.1) is 0 Å². The maximum absolute atomic E-state index is 8.72. The van der Waals surface area contributed by atoms with Gasteiger partial charge in [-0.1, -0.05) is 34.9 Å². The first-order valence-electron chi connectivity index (χ1n) is 6.56. The van der Waals surface area contributed by atoms with E-state index in [1.165, 1.54) is 16.7 Å². The van der Waals surface area contributed by atoms with Gasteiger partial charge in [-0.2, -0.15) is 0 Å². The second-order valence-electron chi connectivity index (χ2n) is 4.64. The van der Waals surface area contributed by atoms with Crippen LogP contribution in [0.2, 0.25) is 0 Å². The van der Waals surface area contributed by atoms with Crippen molar-refractivity contribution in [3.63, 3.8) is 0 Å².